The van der Waals surface area contributed by atoms with Gasteiger partial charge in [0.15, 0.2) is 5.82 Å². The smallest absolute Gasteiger partial charge is 0.339 e. The number of aryl methyl sites for hydroxylation is 1. The number of aromatic nitrogens is 3. The molecule has 10 heteroatoms. The van der Waals surface area contributed by atoms with Crippen molar-refractivity contribution in [2.24, 2.45) is 5.73 Å². The average Bonchev–Trinajstić information content (AvgIpc) is 2.74. The topological polar surface area (TPSA) is 148 Å². The molecule has 0 aliphatic rings. The normalized spacial score (nSPS) is 10.7. The summed E-state index contributed by atoms with van der Waals surface area (Å²) in [6.07, 6.45) is 4.60. The third kappa shape index (κ3) is 5.88. The fourth-order valence-electron chi connectivity index (χ4n) is 2.27. The largest absolute Gasteiger partial charge is 0.478 e. The second kappa shape index (κ2) is 9.82. The zero-order valence-electron chi connectivity index (χ0n) is 15.9. The highest BCUT2D eigenvalue weighted by molar-refractivity contribution is 7.89. The molecule has 0 aliphatic carbocycles. The minimum atomic E-state index is -3.34. The SMILES string of the molecule is CNS(=O)(=O)c1cccc(CN)c1.Cc1nc(-c2cccnc2)ncc1C(=O)O. The van der Waals surface area contributed by atoms with Gasteiger partial charge >= 0.3 is 5.97 Å². The number of nitrogens with zero attached hydrogens (tertiary/aromatic N) is 3. The van der Waals surface area contributed by atoms with Crippen molar-refractivity contribution in [1.82, 2.24) is 19.7 Å². The molecule has 0 radical (unpaired) electrons. The van der Waals surface area contributed by atoms with Crippen molar-refractivity contribution >= 4 is 16.0 Å². The van der Waals surface area contributed by atoms with Gasteiger partial charge in [0, 0.05) is 30.7 Å². The quantitative estimate of drug-likeness (QED) is 0.569. The number of pyridine rings is 1. The maximum Gasteiger partial charge on any atom is 0.339 e. The molecule has 3 rings (SSSR count). The molecule has 0 atom stereocenters. The van der Waals surface area contributed by atoms with Gasteiger partial charge in [-0.05, 0) is 43.8 Å². The van der Waals surface area contributed by atoms with Crippen molar-refractivity contribution in [3.8, 4) is 11.4 Å². The van der Waals surface area contributed by atoms with Crippen LogP contribution in [0.15, 0.2) is 59.9 Å². The van der Waals surface area contributed by atoms with Crippen molar-refractivity contribution in [2.75, 3.05) is 7.05 Å². The van der Waals surface area contributed by atoms with Crippen LogP contribution in [0.25, 0.3) is 11.4 Å². The maximum absolute atomic E-state index is 11.3. The van der Waals surface area contributed by atoms with Crippen LogP contribution in [0.4, 0.5) is 0 Å². The van der Waals surface area contributed by atoms with E-state index in [2.05, 4.69) is 19.7 Å². The van der Waals surface area contributed by atoms with Crippen LogP contribution in [-0.2, 0) is 16.6 Å². The van der Waals surface area contributed by atoms with E-state index in [1.807, 2.05) is 6.07 Å². The first-order valence-electron chi connectivity index (χ1n) is 8.48. The number of hydrogen-bond acceptors (Lipinski definition) is 7. The van der Waals surface area contributed by atoms with Gasteiger partial charge in [0.25, 0.3) is 0 Å². The summed E-state index contributed by atoms with van der Waals surface area (Å²) in [7, 11) is -1.96. The Balaban J connectivity index is 0.000000212. The highest BCUT2D eigenvalue weighted by Crippen LogP contribution is 2.14. The zero-order valence-corrected chi connectivity index (χ0v) is 16.7. The first kappa shape index (κ1) is 22.1. The van der Waals surface area contributed by atoms with Gasteiger partial charge in [-0.1, -0.05) is 12.1 Å². The van der Waals surface area contributed by atoms with E-state index < -0.39 is 16.0 Å². The molecule has 0 unspecified atom stereocenters. The molecule has 0 aliphatic heterocycles. The van der Waals surface area contributed by atoms with Gasteiger partial charge in [-0.25, -0.2) is 27.9 Å². The first-order chi connectivity index (χ1) is 13.8. The van der Waals surface area contributed by atoms with E-state index in [-0.39, 0.29) is 10.5 Å². The van der Waals surface area contributed by atoms with Crippen molar-refractivity contribution in [2.45, 2.75) is 18.4 Å². The van der Waals surface area contributed by atoms with E-state index in [0.29, 0.717) is 18.1 Å². The monoisotopic (exact) mass is 415 g/mol. The molecule has 2 aromatic heterocycles. The standard InChI is InChI=1S/C11H9N3O2.C8H12N2O2S/c1-7-9(11(15)16)6-13-10(14-7)8-3-2-4-12-5-8;1-10-13(11,12)8-4-2-3-7(5-8)6-9/h2-6H,1H3,(H,15,16);2-5,10H,6,9H2,1H3. The molecule has 0 saturated carbocycles. The number of carbonyl (C=O) groups is 1. The van der Waals surface area contributed by atoms with E-state index in [9.17, 15) is 13.2 Å². The number of sulfonamides is 1. The Morgan fingerprint density at radius 2 is 1.97 bits per heavy atom. The summed E-state index contributed by atoms with van der Waals surface area (Å²) in [6, 6.07) is 10.2. The molecule has 4 N–H and O–H groups in total. The van der Waals surface area contributed by atoms with Crippen LogP contribution in [0.2, 0.25) is 0 Å². The summed E-state index contributed by atoms with van der Waals surface area (Å²) in [4.78, 5) is 23.1. The lowest BCUT2D eigenvalue weighted by Crippen LogP contribution is -2.18. The molecule has 3 aromatic rings. The van der Waals surface area contributed by atoms with E-state index in [1.165, 1.54) is 19.3 Å². The van der Waals surface area contributed by atoms with E-state index in [0.717, 1.165) is 11.1 Å². The molecule has 1 aromatic carbocycles. The minimum Gasteiger partial charge on any atom is -0.478 e. The van der Waals surface area contributed by atoms with E-state index in [4.69, 9.17) is 10.8 Å². The molecule has 152 valence electrons. The Hall–Kier alpha value is -3.21. The first-order valence-corrected chi connectivity index (χ1v) is 9.96. The summed E-state index contributed by atoms with van der Waals surface area (Å²) >= 11 is 0. The van der Waals surface area contributed by atoms with Crippen LogP contribution in [0.1, 0.15) is 21.6 Å². The van der Waals surface area contributed by atoms with Gasteiger partial charge < -0.3 is 10.8 Å². The van der Waals surface area contributed by atoms with Crippen LogP contribution in [0.3, 0.4) is 0 Å². The summed E-state index contributed by atoms with van der Waals surface area (Å²) in [5.74, 6) is -0.536. The predicted molar refractivity (Wildman–Crippen MR) is 108 cm³/mol. The van der Waals surface area contributed by atoms with Crippen LogP contribution < -0.4 is 10.5 Å². The lowest BCUT2D eigenvalue weighted by Gasteiger charge is -2.03. The lowest BCUT2D eigenvalue weighted by molar-refractivity contribution is 0.0695. The molecule has 2 heterocycles. The van der Waals surface area contributed by atoms with Gasteiger partial charge in [0.2, 0.25) is 10.0 Å². The summed E-state index contributed by atoms with van der Waals surface area (Å²) < 4.78 is 24.9. The molecule has 0 fully saturated rings. The maximum atomic E-state index is 11.3. The highest BCUT2D eigenvalue weighted by atomic mass is 32.2. The van der Waals surface area contributed by atoms with E-state index in [1.54, 1.807) is 43.6 Å². The Morgan fingerprint density at radius 3 is 2.52 bits per heavy atom. The Kier molecular flexibility index (Phi) is 7.48. The predicted octanol–water partition coefficient (Wildman–Crippen LogP) is 1.60. The molecule has 9 nitrogen and oxygen atoms in total. The zero-order chi connectivity index (χ0) is 21.4. The number of aromatic carboxylic acids is 1. The molecular formula is C19H21N5O4S. The Morgan fingerprint density at radius 1 is 1.21 bits per heavy atom. The third-order valence-corrected chi connectivity index (χ3v) is 5.25. The van der Waals surface area contributed by atoms with Crippen LogP contribution in [0.5, 0.6) is 0 Å². The summed E-state index contributed by atoms with van der Waals surface area (Å²) in [5.41, 5.74) is 7.52. The van der Waals surface area contributed by atoms with Gasteiger partial charge in [0.05, 0.1) is 16.2 Å². The summed E-state index contributed by atoms with van der Waals surface area (Å²) in [5, 5.41) is 8.83. The number of hydrogen-bond donors (Lipinski definition) is 3. The molecular weight excluding hydrogens is 394 g/mol. The summed E-state index contributed by atoms with van der Waals surface area (Å²) in [6.45, 7) is 1.98. The number of nitrogens with two attached hydrogens (primary N) is 1. The van der Waals surface area contributed by atoms with Gasteiger partial charge in [-0.3, -0.25) is 4.98 Å². The lowest BCUT2D eigenvalue weighted by atomic mass is 10.2. The number of rotatable bonds is 5. The third-order valence-electron chi connectivity index (χ3n) is 3.84. The van der Waals surface area contributed by atoms with Crippen molar-refractivity contribution in [3.63, 3.8) is 0 Å². The van der Waals surface area contributed by atoms with Crippen molar-refractivity contribution in [1.29, 1.82) is 0 Å². The van der Waals surface area contributed by atoms with Crippen LogP contribution in [-0.4, -0.2) is 41.5 Å². The van der Waals surface area contributed by atoms with Gasteiger partial charge in [-0.15, -0.1) is 0 Å². The second-order valence-electron chi connectivity index (χ2n) is 5.80. The highest BCUT2D eigenvalue weighted by Gasteiger charge is 2.11. The molecule has 0 amide bonds. The van der Waals surface area contributed by atoms with Gasteiger partial charge in [-0.2, -0.15) is 0 Å². The second-order valence-corrected chi connectivity index (χ2v) is 7.69. The fraction of sp³-hybridized carbons (Fsp3) is 0.158. The van der Waals surface area contributed by atoms with Crippen molar-refractivity contribution < 1.29 is 18.3 Å². The molecule has 0 saturated heterocycles. The van der Waals surface area contributed by atoms with Crippen LogP contribution in [0, 0.1) is 6.92 Å². The number of benzene rings is 1. The Bertz CT molecular complexity index is 1090. The fourth-order valence-corrected chi connectivity index (χ4v) is 3.07. The van der Waals surface area contributed by atoms with Crippen molar-refractivity contribution in [3.05, 3.63) is 71.8 Å². The number of carboxylic acid groups (broad SMARTS) is 1. The van der Waals surface area contributed by atoms with E-state index >= 15 is 0 Å². The molecule has 0 spiro atoms. The molecule has 0 bridgehead atoms. The van der Waals surface area contributed by atoms with Crippen LogP contribution >= 0.6 is 0 Å². The molecule has 29 heavy (non-hydrogen) atoms. The Labute approximate surface area is 168 Å². The van der Waals surface area contributed by atoms with Gasteiger partial charge in [0.1, 0.15) is 0 Å². The average molecular weight is 415 g/mol. The number of carboxylic acids is 1. The minimum absolute atomic E-state index is 0.118. The number of nitrogens with one attached hydrogen (secondary N) is 1.